The van der Waals surface area contributed by atoms with Gasteiger partial charge in [-0.3, -0.25) is 0 Å². The van der Waals surface area contributed by atoms with Crippen molar-refractivity contribution in [1.82, 2.24) is 4.98 Å². The second kappa shape index (κ2) is 5.03. The van der Waals surface area contributed by atoms with Gasteiger partial charge >= 0.3 is 5.97 Å². The number of carbonyl (C=O) groups excluding carboxylic acids is 1. The van der Waals surface area contributed by atoms with E-state index in [1.165, 1.54) is 20.0 Å². The van der Waals surface area contributed by atoms with E-state index in [2.05, 4.69) is 30.7 Å². The minimum absolute atomic E-state index is 0.0640. The van der Waals surface area contributed by atoms with E-state index in [4.69, 9.17) is 4.74 Å². The van der Waals surface area contributed by atoms with Gasteiger partial charge < -0.3 is 10.1 Å². The number of ether oxygens (including phenoxy) is 1. The van der Waals surface area contributed by atoms with Crippen LogP contribution in [-0.2, 0) is 4.74 Å². The van der Waals surface area contributed by atoms with Crippen molar-refractivity contribution < 1.29 is 9.53 Å². The molecule has 4 heteroatoms. The highest BCUT2D eigenvalue weighted by molar-refractivity contribution is 5.95. The Labute approximate surface area is 113 Å². The molecule has 1 N–H and O–H groups in total. The quantitative estimate of drug-likeness (QED) is 0.826. The molecule has 0 spiro atoms. The molecule has 1 aromatic heterocycles. The van der Waals surface area contributed by atoms with Gasteiger partial charge in [-0.2, -0.15) is 0 Å². The van der Waals surface area contributed by atoms with E-state index in [9.17, 15) is 4.79 Å². The van der Waals surface area contributed by atoms with Gasteiger partial charge in [0.15, 0.2) is 0 Å². The zero-order valence-corrected chi connectivity index (χ0v) is 11.7. The third-order valence-corrected chi connectivity index (χ3v) is 3.59. The average molecular weight is 260 g/mol. The van der Waals surface area contributed by atoms with E-state index in [-0.39, 0.29) is 11.5 Å². The third kappa shape index (κ3) is 2.95. The number of carbonyl (C=O) groups is 1. The first-order valence-corrected chi connectivity index (χ1v) is 6.47. The molecule has 0 aliphatic heterocycles. The van der Waals surface area contributed by atoms with Crippen molar-refractivity contribution in [2.24, 2.45) is 5.92 Å². The molecule has 2 rings (SSSR count). The Hall–Kier alpha value is -1.84. The zero-order valence-electron chi connectivity index (χ0n) is 11.7. The number of nitrogens with one attached hydrogen (secondary N) is 1. The number of esters is 1. The van der Waals surface area contributed by atoms with Crippen molar-refractivity contribution in [2.75, 3.05) is 12.4 Å². The van der Waals surface area contributed by atoms with Crippen molar-refractivity contribution >= 4 is 17.9 Å². The molecule has 102 valence electrons. The highest BCUT2D eigenvalue weighted by atomic mass is 16.5. The van der Waals surface area contributed by atoms with Gasteiger partial charge in [0.05, 0.1) is 7.11 Å². The summed E-state index contributed by atoms with van der Waals surface area (Å²) in [5.41, 5.74) is 1.19. The van der Waals surface area contributed by atoms with Gasteiger partial charge in [-0.1, -0.05) is 12.7 Å². The number of aromatic nitrogens is 1. The fourth-order valence-corrected chi connectivity index (χ4v) is 2.17. The van der Waals surface area contributed by atoms with Gasteiger partial charge in [0.2, 0.25) is 0 Å². The molecule has 0 saturated heterocycles. The third-order valence-electron chi connectivity index (χ3n) is 3.59. The van der Waals surface area contributed by atoms with Gasteiger partial charge in [-0.05, 0) is 44.2 Å². The molecule has 1 heterocycles. The number of methoxy groups -OCH3 is 1. The van der Waals surface area contributed by atoms with Gasteiger partial charge in [0.1, 0.15) is 11.4 Å². The Balaban J connectivity index is 2.32. The van der Waals surface area contributed by atoms with E-state index in [0.29, 0.717) is 17.3 Å². The van der Waals surface area contributed by atoms with E-state index in [0.717, 1.165) is 5.56 Å². The molecule has 0 aromatic carbocycles. The molecule has 0 atom stereocenters. The maximum Gasteiger partial charge on any atom is 0.341 e. The van der Waals surface area contributed by atoms with Gasteiger partial charge in [-0.25, -0.2) is 9.78 Å². The largest absolute Gasteiger partial charge is 0.465 e. The molecule has 0 bridgehead atoms. The van der Waals surface area contributed by atoms with E-state index in [1.54, 1.807) is 18.3 Å². The normalized spacial score (nSPS) is 14.9. The standard InChI is InChI=1S/C15H20N2O2/c1-5-10-8-12(14(18)19-4)13(16-9-10)17-15(2,3)11-6-7-11/h5,8-9,11H,1,6-7H2,2-4H3,(H,16,17). The predicted octanol–water partition coefficient (Wildman–Crippen LogP) is 3.11. The molecule has 1 saturated carbocycles. The fourth-order valence-electron chi connectivity index (χ4n) is 2.17. The molecular formula is C15H20N2O2. The first-order chi connectivity index (χ1) is 8.97. The minimum atomic E-state index is -0.384. The summed E-state index contributed by atoms with van der Waals surface area (Å²) in [6.45, 7) is 7.95. The Morgan fingerprint density at radius 3 is 2.79 bits per heavy atom. The summed E-state index contributed by atoms with van der Waals surface area (Å²) in [7, 11) is 1.37. The molecule has 1 aliphatic rings. The van der Waals surface area contributed by atoms with E-state index in [1.807, 2.05) is 0 Å². The first-order valence-electron chi connectivity index (χ1n) is 6.47. The molecule has 1 aliphatic carbocycles. The Morgan fingerprint density at radius 2 is 2.26 bits per heavy atom. The van der Waals surface area contributed by atoms with E-state index >= 15 is 0 Å². The van der Waals surface area contributed by atoms with Crippen LogP contribution in [0, 0.1) is 5.92 Å². The summed E-state index contributed by atoms with van der Waals surface area (Å²) >= 11 is 0. The van der Waals surface area contributed by atoms with Crippen molar-refractivity contribution in [3.63, 3.8) is 0 Å². The summed E-state index contributed by atoms with van der Waals surface area (Å²) in [5.74, 6) is 0.832. The monoisotopic (exact) mass is 260 g/mol. The molecule has 1 fully saturated rings. The van der Waals surface area contributed by atoms with Crippen LogP contribution in [0.15, 0.2) is 18.8 Å². The lowest BCUT2D eigenvalue weighted by atomic mass is 9.98. The second-order valence-corrected chi connectivity index (χ2v) is 5.48. The van der Waals surface area contributed by atoms with Crippen molar-refractivity contribution in [3.05, 3.63) is 30.0 Å². The van der Waals surface area contributed by atoms with Crippen LogP contribution in [0.25, 0.3) is 6.08 Å². The summed E-state index contributed by atoms with van der Waals surface area (Å²) in [6, 6.07) is 1.75. The van der Waals surface area contributed by atoms with Crippen molar-refractivity contribution in [1.29, 1.82) is 0 Å². The molecule has 19 heavy (non-hydrogen) atoms. The SMILES string of the molecule is C=Cc1cnc(NC(C)(C)C2CC2)c(C(=O)OC)c1. The summed E-state index contributed by atoms with van der Waals surface area (Å²) < 4.78 is 4.81. The molecular weight excluding hydrogens is 240 g/mol. The van der Waals surface area contributed by atoms with Crippen molar-refractivity contribution in [2.45, 2.75) is 32.2 Å². The van der Waals surface area contributed by atoms with Crippen LogP contribution in [-0.4, -0.2) is 23.6 Å². The topological polar surface area (TPSA) is 51.2 Å². The zero-order chi connectivity index (χ0) is 14.0. The maximum atomic E-state index is 11.8. The van der Waals surface area contributed by atoms with Crippen LogP contribution < -0.4 is 5.32 Å². The maximum absolute atomic E-state index is 11.8. The smallest absolute Gasteiger partial charge is 0.341 e. The van der Waals surface area contributed by atoms with Crippen LogP contribution in [0.5, 0.6) is 0 Å². The van der Waals surface area contributed by atoms with Crippen LogP contribution in [0.1, 0.15) is 42.6 Å². The van der Waals surface area contributed by atoms with Crippen LogP contribution in [0.4, 0.5) is 5.82 Å². The van der Waals surface area contributed by atoms with Gasteiger partial charge in [0, 0.05) is 11.7 Å². The first kappa shape index (κ1) is 13.6. The van der Waals surface area contributed by atoms with Gasteiger partial charge in [0.25, 0.3) is 0 Å². The lowest BCUT2D eigenvalue weighted by molar-refractivity contribution is 0.0601. The van der Waals surface area contributed by atoms with Gasteiger partial charge in [-0.15, -0.1) is 0 Å². The number of rotatable bonds is 5. The van der Waals surface area contributed by atoms with Crippen LogP contribution >= 0.6 is 0 Å². The summed E-state index contributed by atoms with van der Waals surface area (Å²) in [6.07, 6.45) is 5.80. The molecule has 0 amide bonds. The number of anilines is 1. The molecule has 4 nitrogen and oxygen atoms in total. The Morgan fingerprint density at radius 1 is 1.58 bits per heavy atom. The highest BCUT2D eigenvalue weighted by Crippen LogP contribution is 2.41. The number of hydrogen-bond acceptors (Lipinski definition) is 4. The number of pyridine rings is 1. The lowest BCUT2D eigenvalue weighted by Crippen LogP contribution is -2.34. The summed E-state index contributed by atoms with van der Waals surface area (Å²) in [5, 5.41) is 3.37. The Kier molecular flexibility index (Phi) is 3.60. The van der Waals surface area contributed by atoms with Crippen LogP contribution in [0.2, 0.25) is 0 Å². The minimum Gasteiger partial charge on any atom is -0.465 e. The average Bonchev–Trinajstić information content (AvgIpc) is 3.22. The predicted molar refractivity (Wildman–Crippen MR) is 76.1 cm³/mol. The molecule has 0 unspecified atom stereocenters. The van der Waals surface area contributed by atoms with Crippen LogP contribution in [0.3, 0.4) is 0 Å². The molecule has 1 aromatic rings. The fraction of sp³-hybridized carbons (Fsp3) is 0.467. The Bertz CT molecular complexity index is 505. The number of nitrogens with zero attached hydrogens (tertiary/aromatic N) is 1. The van der Waals surface area contributed by atoms with Crippen molar-refractivity contribution in [3.8, 4) is 0 Å². The molecule has 0 radical (unpaired) electrons. The highest BCUT2D eigenvalue weighted by Gasteiger charge is 2.38. The summed E-state index contributed by atoms with van der Waals surface area (Å²) in [4.78, 5) is 16.2. The van der Waals surface area contributed by atoms with E-state index < -0.39 is 0 Å². The second-order valence-electron chi connectivity index (χ2n) is 5.48. The number of hydrogen-bond donors (Lipinski definition) is 1. The lowest BCUT2D eigenvalue weighted by Gasteiger charge is -2.27.